The first-order valence-corrected chi connectivity index (χ1v) is 11.2. The molecule has 0 aliphatic carbocycles. The molecule has 0 saturated heterocycles. The van der Waals surface area contributed by atoms with Crippen molar-refractivity contribution in [1.29, 1.82) is 0 Å². The molecule has 0 aromatic heterocycles. The number of amides is 1. The van der Waals surface area contributed by atoms with Gasteiger partial charge in [-0.15, -0.1) is 0 Å². The van der Waals surface area contributed by atoms with Crippen LogP contribution < -0.4 is 5.32 Å². The Bertz CT molecular complexity index is 1270. The molecule has 4 rings (SSSR count). The molecule has 0 radical (unpaired) electrons. The van der Waals surface area contributed by atoms with E-state index in [0.717, 1.165) is 39.1 Å². The van der Waals surface area contributed by atoms with Crippen LogP contribution in [0.1, 0.15) is 47.8 Å². The highest BCUT2D eigenvalue weighted by atomic mass is 16.1. The van der Waals surface area contributed by atoms with Gasteiger partial charge >= 0.3 is 0 Å². The Morgan fingerprint density at radius 1 is 0.697 bits per heavy atom. The first-order valence-electron chi connectivity index (χ1n) is 11.2. The second-order valence-corrected chi connectivity index (χ2v) is 9.23. The van der Waals surface area contributed by atoms with Gasteiger partial charge < -0.3 is 5.32 Å². The second kappa shape index (κ2) is 9.30. The molecule has 1 amide bonds. The third-order valence-electron chi connectivity index (χ3n) is 5.78. The molecule has 0 heterocycles. The van der Waals surface area contributed by atoms with Gasteiger partial charge in [0, 0.05) is 11.1 Å². The average Bonchev–Trinajstić information content (AvgIpc) is 2.84. The van der Waals surface area contributed by atoms with Crippen LogP contribution in [0.2, 0.25) is 0 Å². The Morgan fingerprint density at radius 3 is 1.76 bits per heavy atom. The number of hydrogen-bond acceptors (Lipinski definition) is 1. The highest BCUT2D eigenvalue weighted by molar-refractivity contribution is 6.07. The van der Waals surface area contributed by atoms with E-state index in [2.05, 4.69) is 69.1 Å². The standard InChI is InChI=1S/C31H29NO/c1-22(23-14-8-5-9-15-23)27-20-26(24-16-10-6-11-17-24)21-28(31(2,3)4)29(27)32-30(33)25-18-12-7-13-19-25/h5-21H,1H2,2-4H3,(H,32,33). The Morgan fingerprint density at radius 2 is 1.21 bits per heavy atom. The fourth-order valence-electron chi connectivity index (χ4n) is 3.97. The molecule has 0 fully saturated rings. The molecule has 0 bridgehead atoms. The molecule has 0 aliphatic heterocycles. The van der Waals surface area contributed by atoms with Crippen LogP contribution in [0.15, 0.2) is 110 Å². The van der Waals surface area contributed by atoms with Gasteiger partial charge in [0.25, 0.3) is 5.91 Å². The summed E-state index contributed by atoms with van der Waals surface area (Å²) in [6.45, 7) is 11.0. The lowest BCUT2D eigenvalue weighted by molar-refractivity contribution is 0.102. The molecule has 2 heteroatoms. The highest BCUT2D eigenvalue weighted by Gasteiger charge is 2.25. The average molecular weight is 432 g/mol. The maximum absolute atomic E-state index is 13.2. The van der Waals surface area contributed by atoms with Crippen molar-refractivity contribution in [3.63, 3.8) is 0 Å². The van der Waals surface area contributed by atoms with E-state index in [1.165, 1.54) is 0 Å². The van der Waals surface area contributed by atoms with Crippen LogP contribution in [-0.2, 0) is 5.41 Å². The second-order valence-electron chi connectivity index (χ2n) is 9.23. The van der Waals surface area contributed by atoms with Crippen LogP contribution in [0, 0.1) is 0 Å². The van der Waals surface area contributed by atoms with E-state index in [9.17, 15) is 4.79 Å². The summed E-state index contributed by atoms with van der Waals surface area (Å²) in [6.07, 6.45) is 0. The topological polar surface area (TPSA) is 29.1 Å². The third kappa shape index (κ3) is 4.96. The van der Waals surface area contributed by atoms with Crippen molar-refractivity contribution in [3.05, 3.63) is 132 Å². The van der Waals surface area contributed by atoms with Crippen LogP contribution in [0.3, 0.4) is 0 Å². The molecular weight excluding hydrogens is 402 g/mol. The molecule has 1 N–H and O–H groups in total. The first kappa shape index (κ1) is 22.3. The van der Waals surface area contributed by atoms with Gasteiger partial charge in [-0.25, -0.2) is 0 Å². The molecule has 0 aliphatic rings. The van der Waals surface area contributed by atoms with Gasteiger partial charge in [0.05, 0.1) is 5.69 Å². The number of hydrogen-bond donors (Lipinski definition) is 1. The van der Waals surface area contributed by atoms with E-state index >= 15 is 0 Å². The monoisotopic (exact) mass is 431 g/mol. The van der Waals surface area contributed by atoms with Gasteiger partial charge in [-0.05, 0) is 57.5 Å². The maximum Gasteiger partial charge on any atom is 0.255 e. The van der Waals surface area contributed by atoms with E-state index in [-0.39, 0.29) is 11.3 Å². The van der Waals surface area contributed by atoms with Crippen LogP contribution in [0.5, 0.6) is 0 Å². The zero-order chi connectivity index (χ0) is 23.4. The molecule has 0 spiro atoms. The first-order chi connectivity index (χ1) is 15.8. The zero-order valence-corrected chi connectivity index (χ0v) is 19.4. The number of carbonyl (C=O) groups excluding carboxylic acids is 1. The third-order valence-corrected chi connectivity index (χ3v) is 5.78. The zero-order valence-electron chi connectivity index (χ0n) is 19.4. The van der Waals surface area contributed by atoms with E-state index in [1.807, 2.05) is 66.7 Å². The molecule has 33 heavy (non-hydrogen) atoms. The number of carbonyl (C=O) groups is 1. The van der Waals surface area contributed by atoms with Crippen LogP contribution >= 0.6 is 0 Å². The minimum Gasteiger partial charge on any atom is -0.321 e. The van der Waals surface area contributed by atoms with Gasteiger partial charge in [-0.3, -0.25) is 4.79 Å². The number of benzene rings is 4. The van der Waals surface area contributed by atoms with E-state index < -0.39 is 0 Å². The molecule has 0 unspecified atom stereocenters. The Kier molecular flexibility index (Phi) is 6.28. The molecule has 2 nitrogen and oxygen atoms in total. The van der Waals surface area contributed by atoms with Crippen LogP contribution in [0.4, 0.5) is 5.69 Å². The Hall–Kier alpha value is -3.91. The van der Waals surface area contributed by atoms with Gasteiger partial charge in [0.15, 0.2) is 0 Å². The van der Waals surface area contributed by atoms with Gasteiger partial charge in [-0.1, -0.05) is 106 Å². The van der Waals surface area contributed by atoms with Crippen LogP contribution in [-0.4, -0.2) is 5.91 Å². The summed E-state index contributed by atoms with van der Waals surface area (Å²) in [5.41, 5.74) is 7.37. The van der Waals surface area contributed by atoms with E-state index in [4.69, 9.17) is 0 Å². The van der Waals surface area contributed by atoms with E-state index in [0.29, 0.717) is 5.56 Å². The lowest BCUT2D eigenvalue weighted by atomic mass is 9.80. The minimum absolute atomic E-state index is 0.129. The molecular formula is C31H29NO. The summed E-state index contributed by atoms with van der Waals surface area (Å²) in [7, 11) is 0. The SMILES string of the molecule is C=C(c1ccccc1)c1cc(-c2ccccc2)cc(C(C)(C)C)c1NC(=O)c1ccccc1. The number of nitrogens with one attached hydrogen (secondary N) is 1. The van der Waals surface area contributed by atoms with Crippen molar-refractivity contribution in [2.75, 3.05) is 5.32 Å². The lowest BCUT2D eigenvalue weighted by Crippen LogP contribution is -2.20. The Labute approximate surface area is 196 Å². The Balaban J connectivity index is 1.93. The highest BCUT2D eigenvalue weighted by Crippen LogP contribution is 2.40. The fraction of sp³-hybridized carbons (Fsp3) is 0.129. The summed E-state index contributed by atoms with van der Waals surface area (Å²) in [5, 5.41) is 3.23. The molecule has 4 aromatic carbocycles. The smallest absolute Gasteiger partial charge is 0.255 e. The quantitative estimate of drug-likeness (QED) is 0.341. The normalized spacial score (nSPS) is 11.1. The number of rotatable bonds is 5. The van der Waals surface area contributed by atoms with Crippen molar-refractivity contribution < 1.29 is 4.79 Å². The van der Waals surface area contributed by atoms with E-state index in [1.54, 1.807) is 0 Å². The summed E-state index contributed by atoms with van der Waals surface area (Å²) in [4.78, 5) is 13.2. The van der Waals surface area contributed by atoms with Crippen molar-refractivity contribution in [2.45, 2.75) is 26.2 Å². The van der Waals surface area contributed by atoms with Crippen molar-refractivity contribution in [3.8, 4) is 11.1 Å². The summed E-state index contributed by atoms with van der Waals surface area (Å²) >= 11 is 0. The summed E-state index contributed by atoms with van der Waals surface area (Å²) in [5.74, 6) is -0.129. The minimum atomic E-state index is -0.199. The van der Waals surface area contributed by atoms with Crippen LogP contribution in [0.25, 0.3) is 16.7 Å². The van der Waals surface area contributed by atoms with Crippen molar-refractivity contribution in [2.24, 2.45) is 0 Å². The molecule has 0 atom stereocenters. The number of anilines is 1. The fourth-order valence-corrected chi connectivity index (χ4v) is 3.97. The van der Waals surface area contributed by atoms with Crippen molar-refractivity contribution >= 4 is 17.2 Å². The van der Waals surface area contributed by atoms with Crippen molar-refractivity contribution in [1.82, 2.24) is 0 Å². The van der Waals surface area contributed by atoms with Gasteiger partial charge in [0.1, 0.15) is 0 Å². The molecule has 164 valence electrons. The molecule has 0 saturated carbocycles. The molecule has 4 aromatic rings. The lowest BCUT2D eigenvalue weighted by Gasteiger charge is -2.27. The maximum atomic E-state index is 13.2. The van der Waals surface area contributed by atoms with Gasteiger partial charge in [0.2, 0.25) is 0 Å². The van der Waals surface area contributed by atoms with Gasteiger partial charge in [-0.2, -0.15) is 0 Å². The predicted molar refractivity (Wildman–Crippen MR) is 140 cm³/mol. The summed E-state index contributed by atoms with van der Waals surface area (Å²) < 4.78 is 0. The predicted octanol–water partition coefficient (Wildman–Crippen LogP) is 7.96. The summed E-state index contributed by atoms with van der Waals surface area (Å²) in [6, 6.07) is 34.1. The largest absolute Gasteiger partial charge is 0.321 e.